The van der Waals surface area contributed by atoms with Gasteiger partial charge in [0.1, 0.15) is 5.01 Å². The van der Waals surface area contributed by atoms with Crippen molar-refractivity contribution in [1.82, 2.24) is 9.88 Å². The molecule has 1 saturated heterocycles. The molecule has 1 fully saturated rings. The molecule has 0 unspecified atom stereocenters. The van der Waals surface area contributed by atoms with Crippen LogP contribution in [0.4, 0.5) is 5.69 Å². The summed E-state index contributed by atoms with van der Waals surface area (Å²) in [5.74, 6) is 0.0828. The number of nitrogens with zero attached hydrogens (tertiary/aromatic N) is 3. The van der Waals surface area contributed by atoms with E-state index in [1.807, 2.05) is 17.8 Å². The van der Waals surface area contributed by atoms with Crippen LogP contribution in [-0.4, -0.2) is 49.1 Å². The molecule has 0 atom stereocenters. The Hall–Kier alpha value is -2.22. The summed E-state index contributed by atoms with van der Waals surface area (Å²) in [4.78, 5) is 21.3. The van der Waals surface area contributed by atoms with E-state index in [0.29, 0.717) is 13.0 Å². The number of ether oxygens (including phenoxy) is 1. The van der Waals surface area contributed by atoms with Crippen LogP contribution >= 0.6 is 22.7 Å². The SMILES string of the molecule is CN(Cc1ccc(N2CCOCC2)cc1)C(=O)Cc1csc(-c2ccsc2)n1. The zero-order valence-corrected chi connectivity index (χ0v) is 17.5. The lowest BCUT2D eigenvalue weighted by Gasteiger charge is -2.29. The van der Waals surface area contributed by atoms with Crippen LogP contribution in [0.5, 0.6) is 0 Å². The Labute approximate surface area is 173 Å². The predicted molar refractivity (Wildman–Crippen MR) is 115 cm³/mol. The second kappa shape index (κ2) is 8.86. The minimum atomic E-state index is 0.0828. The molecule has 0 radical (unpaired) electrons. The highest BCUT2D eigenvalue weighted by Gasteiger charge is 2.14. The van der Waals surface area contributed by atoms with Crippen molar-refractivity contribution >= 4 is 34.3 Å². The largest absolute Gasteiger partial charge is 0.378 e. The van der Waals surface area contributed by atoms with Crippen LogP contribution in [0.2, 0.25) is 0 Å². The monoisotopic (exact) mass is 413 g/mol. The third kappa shape index (κ3) is 4.60. The number of thiazole rings is 1. The molecule has 1 aliphatic rings. The summed E-state index contributed by atoms with van der Waals surface area (Å²) < 4.78 is 5.41. The first kappa shape index (κ1) is 19.1. The molecule has 28 heavy (non-hydrogen) atoms. The van der Waals surface area contributed by atoms with Crippen LogP contribution in [0.3, 0.4) is 0 Å². The summed E-state index contributed by atoms with van der Waals surface area (Å²) in [5.41, 5.74) is 4.31. The van der Waals surface area contributed by atoms with Crippen molar-refractivity contribution in [2.24, 2.45) is 0 Å². The van der Waals surface area contributed by atoms with Crippen LogP contribution in [0.15, 0.2) is 46.5 Å². The second-order valence-electron chi connectivity index (χ2n) is 6.85. The van der Waals surface area contributed by atoms with Crippen molar-refractivity contribution in [2.45, 2.75) is 13.0 Å². The average Bonchev–Trinajstić information content (AvgIpc) is 3.41. The lowest BCUT2D eigenvalue weighted by molar-refractivity contribution is -0.129. The Balaban J connectivity index is 1.33. The molecule has 4 rings (SSSR count). The maximum atomic E-state index is 12.6. The number of amides is 1. The number of carbonyl (C=O) groups is 1. The van der Waals surface area contributed by atoms with E-state index in [4.69, 9.17) is 4.74 Å². The van der Waals surface area contributed by atoms with E-state index in [-0.39, 0.29) is 5.91 Å². The Morgan fingerprint density at radius 3 is 2.68 bits per heavy atom. The first-order valence-electron chi connectivity index (χ1n) is 9.31. The van der Waals surface area contributed by atoms with Gasteiger partial charge in [0.05, 0.1) is 25.3 Å². The van der Waals surface area contributed by atoms with Crippen molar-refractivity contribution in [3.05, 3.63) is 57.7 Å². The number of hydrogen-bond donors (Lipinski definition) is 0. The number of morpholine rings is 1. The van der Waals surface area contributed by atoms with Gasteiger partial charge in [-0.25, -0.2) is 4.98 Å². The van der Waals surface area contributed by atoms with Gasteiger partial charge in [-0.05, 0) is 29.1 Å². The predicted octanol–water partition coefficient (Wildman–Crippen LogP) is 3.91. The quantitative estimate of drug-likeness (QED) is 0.615. The molecule has 1 amide bonds. The summed E-state index contributed by atoms with van der Waals surface area (Å²) in [6, 6.07) is 10.5. The molecule has 0 spiro atoms. The van der Waals surface area contributed by atoms with Gasteiger partial charge in [0.15, 0.2) is 0 Å². The minimum absolute atomic E-state index is 0.0828. The topological polar surface area (TPSA) is 45.7 Å². The highest BCUT2D eigenvalue weighted by molar-refractivity contribution is 7.14. The molecule has 1 aliphatic heterocycles. The van der Waals surface area contributed by atoms with E-state index in [1.54, 1.807) is 27.6 Å². The maximum absolute atomic E-state index is 12.6. The molecular weight excluding hydrogens is 390 g/mol. The smallest absolute Gasteiger partial charge is 0.228 e. The van der Waals surface area contributed by atoms with Gasteiger partial charge in [-0.3, -0.25) is 4.79 Å². The Morgan fingerprint density at radius 2 is 1.96 bits per heavy atom. The summed E-state index contributed by atoms with van der Waals surface area (Å²) in [5, 5.41) is 7.08. The van der Waals surface area contributed by atoms with Crippen molar-refractivity contribution in [1.29, 1.82) is 0 Å². The van der Waals surface area contributed by atoms with Gasteiger partial charge in [0, 0.05) is 48.7 Å². The number of aromatic nitrogens is 1. The molecule has 1 aromatic carbocycles. The Morgan fingerprint density at radius 1 is 1.18 bits per heavy atom. The lowest BCUT2D eigenvalue weighted by atomic mass is 10.1. The molecule has 3 heterocycles. The van der Waals surface area contributed by atoms with Crippen LogP contribution in [0.1, 0.15) is 11.3 Å². The van der Waals surface area contributed by atoms with Gasteiger partial charge in [0.25, 0.3) is 0 Å². The zero-order chi connectivity index (χ0) is 19.3. The van der Waals surface area contributed by atoms with Crippen LogP contribution in [-0.2, 0) is 22.5 Å². The maximum Gasteiger partial charge on any atom is 0.228 e. The van der Waals surface area contributed by atoms with E-state index in [1.165, 1.54) is 5.69 Å². The molecule has 0 N–H and O–H groups in total. The van der Waals surface area contributed by atoms with Gasteiger partial charge in [-0.1, -0.05) is 12.1 Å². The lowest BCUT2D eigenvalue weighted by Crippen LogP contribution is -2.36. The van der Waals surface area contributed by atoms with Crippen molar-refractivity contribution < 1.29 is 9.53 Å². The first-order valence-corrected chi connectivity index (χ1v) is 11.1. The third-order valence-corrected chi connectivity index (χ3v) is 6.43. The molecule has 5 nitrogen and oxygen atoms in total. The number of thiophene rings is 1. The minimum Gasteiger partial charge on any atom is -0.378 e. The number of anilines is 1. The fourth-order valence-electron chi connectivity index (χ4n) is 3.19. The van der Waals surface area contributed by atoms with E-state index in [0.717, 1.165) is 48.1 Å². The molecule has 0 saturated carbocycles. The molecule has 2 aromatic heterocycles. The van der Waals surface area contributed by atoms with Crippen LogP contribution < -0.4 is 4.90 Å². The van der Waals surface area contributed by atoms with Crippen molar-refractivity contribution in [3.63, 3.8) is 0 Å². The molecule has 146 valence electrons. The average molecular weight is 414 g/mol. The molecule has 0 aliphatic carbocycles. The van der Waals surface area contributed by atoms with E-state index in [2.05, 4.69) is 45.6 Å². The zero-order valence-electron chi connectivity index (χ0n) is 15.8. The highest BCUT2D eigenvalue weighted by Crippen LogP contribution is 2.26. The highest BCUT2D eigenvalue weighted by atomic mass is 32.1. The summed E-state index contributed by atoms with van der Waals surface area (Å²) in [6.45, 7) is 4.02. The summed E-state index contributed by atoms with van der Waals surface area (Å²) in [7, 11) is 1.85. The number of carbonyl (C=O) groups excluding carboxylic acids is 1. The fraction of sp³-hybridized carbons (Fsp3) is 0.333. The van der Waals surface area contributed by atoms with Crippen LogP contribution in [0.25, 0.3) is 10.6 Å². The number of hydrogen-bond acceptors (Lipinski definition) is 6. The third-order valence-electron chi connectivity index (χ3n) is 4.81. The van der Waals surface area contributed by atoms with Gasteiger partial charge >= 0.3 is 0 Å². The number of likely N-dealkylation sites (N-methyl/N-ethyl adjacent to an activating group) is 1. The first-order chi connectivity index (χ1) is 13.7. The fourth-order valence-corrected chi connectivity index (χ4v) is 4.72. The Bertz CT molecular complexity index is 900. The van der Waals surface area contributed by atoms with Gasteiger partial charge in [0.2, 0.25) is 5.91 Å². The van der Waals surface area contributed by atoms with Gasteiger partial charge in [-0.2, -0.15) is 11.3 Å². The molecule has 7 heteroatoms. The Kier molecular flexibility index (Phi) is 6.04. The van der Waals surface area contributed by atoms with Crippen molar-refractivity contribution in [2.75, 3.05) is 38.3 Å². The standard InChI is InChI=1S/C21H23N3O2S2/c1-23(13-16-2-4-19(5-3-16)24-7-9-26-10-8-24)20(25)12-18-15-28-21(22-18)17-6-11-27-14-17/h2-6,11,14-15H,7-10,12-13H2,1H3. The normalized spacial score (nSPS) is 14.2. The van der Waals surface area contributed by atoms with E-state index >= 15 is 0 Å². The molecule has 0 bridgehead atoms. The molecular formula is C21H23N3O2S2. The molecule has 3 aromatic rings. The number of benzene rings is 1. The van der Waals surface area contributed by atoms with Gasteiger partial charge < -0.3 is 14.5 Å². The van der Waals surface area contributed by atoms with Gasteiger partial charge in [-0.15, -0.1) is 11.3 Å². The van der Waals surface area contributed by atoms with Crippen LogP contribution in [0, 0.1) is 0 Å². The number of rotatable bonds is 6. The van der Waals surface area contributed by atoms with Crippen molar-refractivity contribution in [3.8, 4) is 10.6 Å². The van der Waals surface area contributed by atoms with E-state index in [9.17, 15) is 4.79 Å². The summed E-state index contributed by atoms with van der Waals surface area (Å²) in [6.07, 6.45) is 0.336. The second-order valence-corrected chi connectivity index (χ2v) is 8.49. The summed E-state index contributed by atoms with van der Waals surface area (Å²) >= 11 is 3.25. The van der Waals surface area contributed by atoms with E-state index < -0.39 is 0 Å².